The molecule has 132 valence electrons. The number of benzene rings is 2. The standard InChI is InChI=1S/C20H16ClNO2S2/c21-19-12-11-17(13-18(19)20(23)24)26-22-14-5-4-8-16(10-9-14)25-15-6-2-1-3-7-15/h1-13,16,22H,(H,23,24). The van der Waals surface area contributed by atoms with E-state index in [9.17, 15) is 4.79 Å². The zero-order valence-corrected chi connectivity index (χ0v) is 16.0. The fourth-order valence-corrected chi connectivity index (χ4v) is 4.08. The molecule has 3 rings (SSSR count). The van der Waals surface area contributed by atoms with E-state index in [0.29, 0.717) is 0 Å². The normalized spacial score (nSPS) is 16.0. The lowest BCUT2D eigenvalue weighted by Crippen LogP contribution is -2.02. The number of nitrogens with one attached hydrogen (secondary N) is 1. The second kappa shape index (κ2) is 9.03. The molecule has 0 bridgehead atoms. The lowest BCUT2D eigenvalue weighted by Gasteiger charge is -2.08. The molecule has 0 saturated carbocycles. The average molecular weight is 402 g/mol. The van der Waals surface area contributed by atoms with Crippen LogP contribution in [0.3, 0.4) is 0 Å². The number of carbonyl (C=O) groups is 1. The predicted molar refractivity (Wildman–Crippen MR) is 110 cm³/mol. The Morgan fingerprint density at radius 3 is 2.65 bits per heavy atom. The average Bonchev–Trinajstić information content (AvgIpc) is 2.87. The molecule has 0 aromatic heterocycles. The molecule has 3 nitrogen and oxygen atoms in total. The molecular weight excluding hydrogens is 386 g/mol. The summed E-state index contributed by atoms with van der Waals surface area (Å²) >= 11 is 9.03. The summed E-state index contributed by atoms with van der Waals surface area (Å²) in [5.74, 6) is -1.03. The van der Waals surface area contributed by atoms with Gasteiger partial charge in [0.2, 0.25) is 0 Å². The molecule has 1 unspecified atom stereocenters. The molecule has 2 aromatic carbocycles. The molecule has 2 N–H and O–H groups in total. The molecular formula is C20H16ClNO2S2. The maximum atomic E-state index is 11.2. The van der Waals surface area contributed by atoms with Crippen molar-refractivity contribution >= 4 is 41.3 Å². The van der Waals surface area contributed by atoms with Crippen molar-refractivity contribution in [3.05, 3.63) is 95.2 Å². The summed E-state index contributed by atoms with van der Waals surface area (Å²) in [6.45, 7) is 0. The maximum absolute atomic E-state index is 11.2. The van der Waals surface area contributed by atoms with Crippen LogP contribution in [0.4, 0.5) is 0 Å². The van der Waals surface area contributed by atoms with Crippen LogP contribution in [0.2, 0.25) is 5.02 Å². The Labute approximate surface area is 166 Å². The number of carboxylic acid groups (broad SMARTS) is 1. The summed E-state index contributed by atoms with van der Waals surface area (Å²) in [5.41, 5.74) is 1.04. The van der Waals surface area contributed by atoms with E-state index in [2.05, 4.69) is 29.0 Å². The third-order valence-corrected chi connectivity index (χ3v) is 5.80. The van der Waals surface area contributed by atoms with E-state index in [0.717, 1.165) is 10.6 Å². The summed E-state index contributed by atoms with van der Waals surface area (Å²) in [5, 5.41) is 9.64. The molecule has 0 fully saturated rings. The van der Waals surface area contributed by atoms with E-state index in [4.69, 9.17) is 16.7 Å². The van der Waals surface area contributed by atoms with Crippen LogP contribution in [0.5, 0.6) is 0 Å². The first-order valence-corrected chi connectivity index (χ1v) is 9.93. The monoisotopic (exact) mass is 401 g/mol. The van der Waals surface area contributed by atoms with Crippen molar-refractivity contribution in [1.82, 2.24) is 4.72 Å². The predicted octanol–water partition coefficient (Wildman–Crippen LogP) is 5.81. The molecule has 1 aliphatic carbocycles. The molecule has 0 aliphatic heterocycles. The highest BCUT2D eigenvalue weighted by atomic mass is 35.5. The summed E-state index contributed by atoms with van der Waals surface area (Å²) < 4.78 is 3.24. The Hall–Kier alpha value is -2.08. The first-order valence-electron chi connectivity index (χ1n) is 7.86. The highest BCUT2D eigenvalue weighted by molar-refractivity contribution is 8.00. The number of rotatable bonds is 6. The largest absolute Gasteiger partial charge is 0.478 e. The zero-order valence-electron chi connectivity index (χ0n) is 13.6. The molecule has 6 heteroatoms. The van der Waals surface area contributed by atoms with E-state index in [-0.39, 0.29) is 15.8 Å². The smallest absolute Gasteiger partial charge is 0.337 e. The van der Waals surface area contributed by atoms with Gasteiger partial charge in [-0.2, -0.15) is 0 Å². The Kier molecular flexibility index (Phi) is 6.50. The van der Waals surface area contributed by atoms with Crippen molar-refractivity contribution in [3.63, 3.8) is 0 Å². The summed E-state index contributed by atoms with van der Waals surface area (Å²) in [6.07, 6.45) is 10.3. The molecule has 0 heterocycles. The van der Waals surface area contributed by atoms with Gasteiger partial charge >= 0.3 is 5.97 Å². The van der Waals surface area contributed by atoms with Crippen LogP contribution in [-0.4, -0.2) is 16.3 Å². The van der Waals surface area contributed by atoms with Gasteiger partial charge in [-0.05, 0) is 54.4 Å². The minimum atomic E-state index is -1.03. The number of aromatic carboxylic acids is 1. The third-order valence-electron chi connectivity index (χ3n) is 3.51. The first-order chi connectivity index (χ1) is 12.6. The van der Waals surface area contributed by atoms with Gasteiger partial charge in [0.05, 0.1) is 10.6 Å². The van der Waals surface area contributed by atoms with Crippen LogP contribution < -0.4 is 4.72 Å². The number of thioether (sulfide) groups is 1. The van der Waals surface area contributed by atoms with Gasteiger partial charge in [-0.1, -0.05) is 48.0 Å². The lowest BCUT2D eigenvalue weighted by molar-refractivity contribution is 0.0697. The number of allylic oxidation sites excluding steroid dienone is 3. The minimum absolute atomic E-state index is 0.100. The van der Waals surface area contributed by atoms with Gasteiger partial charge < -0.3 is 9.83 Å². The lowest BCUT2D eigenvalue weighted by atomic mass is 10.2. The van der Waals surface area contributed by atoms with Crippen LogP contribution >= 0.6 is 35.3 Å². The fourth-order valence-electron chi connectivity index (χ4n) is 2.24. The van der Waals surface area contributed by atoms with Crippen LogP contribution in [0.25, 0.3) is 0 Å². The third kappa shape index (κ3) is 5.21. The molecule has 0 saturated heterocycles. The Morgan fingerprint density at radius 1 is 1.08 bits per heavy atom. The van der Waals surface area contributed by atoms with Gasteiger partial charge in [0, 0.05) is 20.7 Å². The highest BCUT2D eigenvalue weighted by Crippen LogP contribution is 2.27. The number of hydrogen-bond donors (Lipinski definition) is 2. The molecule has 1 atom stereocenters. The van der Waals surface area contributed by atoms with Crippen molar-refractivity contribution in [2.45, 2.75) is 15.0 Å². The quantitative estimate of drug-likeness (QED) is 0.598. The van der Waals surface area contributed by atoms with Crippen molar-refractivity contribution in [2.24, 2.45) is 0 Å². The van der Waals surface area contributed by atoms with Gasteiger partial charge in [-0.3, -0.25) is 0 Å². The van der Waals surface area contributed by atoms with Gasteiger partial charge in [-0.15, -0.1) is 11.8 Å². The number of hydrogen-bond acceptors (Lipinski definition) is 4. The van der Waals surface area contributed by atoms with Crippen LogP contribution in [0.15, 0.2) is 94.4 Å². The number of halogens is 1. The van der Waals surface area contributed by atoms with Gasteiger partial charge in [0.1, 0.15) is 0 Å². The van der Waals surface area contributed by atoms with Gasteiger partial charge in [0.25, 0.3) is 0 Å². The summed E-state index contributed by atoms with van der Waals surface area (Å²) in [7, 11) is 0. The van der Waals surface area contributed by atoms with Crippen molar-refractivity contribution in [2.75, 3.05) is 0 Å². The van der Waals surface area contributed by atoms with Gasteiger partial charge in [0.15, 0.2) is 0 Å². The highest BCUT2D eigenvalue weighted by Gasteiger charge is 2.10. The van der Waals surface area contributed by atoms with E-state index >= 15 is 0 Å². The molecule has 1 aliphatic rings. The van der Waals surface area contributed by atoms with Crippen molar-refractivity contribution < 1.29 is 9.90 Å². The van der Waals surface area contributed by atoms with Crippen molar-refractivity contribution in [3.8, 4) is 0 Å². The summed E-state index contributed by atoms with van der Waals surface area (Å²) in [4.78, 5) is 13.2. The Balaban J connectivity index is 1.60. The topological polar surface area (TPSA) is 49.3 Å². The molecule has 0 radical (unpaired) electrons. The second-order valence-electron chi connectivity index (χ2n) is 5.41. The van der Waals surface area contributed by atoms with Crippen molar-refractivity contribution in [1.29, 1.82) is 0 Å². The van der Waals surface area contributed by atoms with E-state index in [1.165, 1.54) is 16.8 Å². The van der Waals surface area contributed by atoms with Crippen LogP contribution in [0, 0.1) is 0 Å². The SMILES string of the molecule is O=C(O)c1cc(SNC2=CC=CC(Sc3ccccc3)C=C2)ccc1Cl. The van der Waals surface area contributed by atoms with E-state index < -0.39 is 5.97 Å². The fraction of sp³-hybridized carbons (Fsp3) is 0.0500. The van der Waals surface area contributed by atoms with E-state index in [1.54, 1.807) is 30.0 Å². The Bertz CT molecular complexity index is 879. The molecule has 2 aromatic rings. The molecule has 0 spiro atoms. The maximum Gasteiger partial charge on any atom is 0.337 e. The van der Waals surface area contributed by atoms with Crippen LogP contribution in [-0.2, 0) is 0 Å². The first kappa shape index (κ1) is 18.7. The molecule has 26 heavy (non-hydrogen) atoms. The van der Waals surface area contributed by atoms with E-state index in [1.807, 2.05) is 36.4 Å². The molecule has 0 amide bonds. The Morgan fingerprint density at radius 2 is 1.88 bits per heavy atom. The number of carboxylic acids is 1. The minimum Gasteiger partial charge on any atom is -0.478 e. The van der Waals surface area contributed by atoms with Gasteiger partial charge in [-0.25, -0.2) is 4.79 Å². The second-order valence-corrected chi connectivity index (χ2v) is 7.95. The zero-order chi connectivity index (χ0) is 18.4. The summed E-state index contributed by atoms with van der Waals surface area (Å²) in [6, 6.07) is 15.2. The van der Waals surface area contributed by atoms with Crippen LogP contribution in [0.1, 0.15) is 10.4 Å².